The summed E-state index contributed by atoms with van der Waals surface area (Å²) in [6, 6.07) is 30.5. The summed E-state index contributed by atoms with van der Waals surface area (Å²) >= 11 is 0. The van der Waals surface area contributed by atoms with E-state index >= 15 is 0 Å². The van der Waals surface area contributed by atoms with Gasteiger partial charge in [-0.15, -0.1) is 0 Å². The highest BCUT2D eigenvalue weighted by atomic mass is 16.5. The lowest BCUT2D eigenvalue weighted by atomic mass is 9.74. The molecule has 0 unspecified atom stereocenters. The highest BCUT2D eigenvalue weighted by Crippen LogP contribution is 2.51. The molecule has 2 N–H and O–H groups in total. The van der Waals surface area contributed by atoms with Gasteiger partial charge in [0, 0.05) is 0 Å². The number of benzene rings is 4. The summed E-state index contributed by atoms with van der Waals surface area (Å²) in [6.07, 6.45) is 6.52. The van der Waals surface area contributed by atoms with Crippen LogP contribution in [-0.4, -0.2) is 10.3 Å². The SMILES string of the molecule is Cc1ccc2ccc(C3CCCCC3)c3c2c1[C@H](c1ccccc1)N([OH2+])[C@H]3c1ccccc1. The first-order chi connectivity index (χ1) is 16.2. The fourth-order valence-corrected chi connectivity index (χ4v) is 6.36. The average molecular weight is 435 g/mol. The molecule has 6 rings (SSSR count). The summed E-state index contributed by atoms with van der Waals surface area (Å²) in [4.78, 5) is 0. The number of aryl methyl sites for hydroxylation is 1. The minimum Gasteiger partial charge on any atom is -0.337 e. The van der Waals surface area contributed by atoms with Gasteiger partial charge in [-0.3, -0.25) is 0 Å². The zero-order valence-electron chi connectivity index (χ0n) is 19.3. The van der Waals surface area contributed by atoms with E-state index in [0.717, 1.165) is 0 Å². The van der Waals surface area contributed by atoms with Gasteiger partial charge in [0.15, 0.2) is 0 Å². The predicted octanol–water partition coefficient (Wildman–Crippen LogP) is 7.33. The molecule has 2 atom stereocenters. The Morgan fingerprint density at radius 2 is 1.24 bits per heavy atom. The zero-order valence-corrected chi connectivity index (χ0v) is 19.3. The molecule has 2 heteroatoms. The van der Waals surface area contributed by atoms with E-state index in [1.54, 1.807) is 0 Å². The second-order valence-electron chi connectivity index (χ2n) is 9.83. The minimum absolute atomic E-state index is 0.0775. The van der Waals surface area contributed by atoms with Crippen LogP contribution in [0.4, 0.5) is 0 Å². The van der Waals surface area contributed by atoms with E-state index in [-0.39, 0.29) is 12.1 Å². The van der Waals surface area contributed by atoms with E-state index in [0.29, 0.717) is 5.92 Å². The molecule has 1 fully saturated rings. The van der Waals surface area contributed by atoms with Crippen LogP contribution in [0, 0.1) is 6.92 Å². The first-order valence-corrected chi connectivity index (χ1v) is 12.4. The van der Waals surface area contributed by atoms with E-state index in [2.05, 4.69) is 91.9 Å². The first kappa shape index (κ1) is 20.7. The maximum atomic E-state index is 9.60. The Balaban J connectivity index is 1.70. The lowest BCUT2D eigenvalue weighted by molar-refractivity contribution is -0.145. The molecule has 166 valence electrons. The van der Waals surface area contributed by atoms with Crippen LogP contribution in [0.1, 0.15) is 83.5 Å². The minimum atomic E-state index is -0.0887. The van der Waals surface area contributed by atoms with Gasteiger partial charge in [0.25, 0.3) is 0 Å². The number of hydroxylamine groups is 2. The van der Waals surface area contributed by atoms with E-state index in [1.807, 2.05) is 5.06 Å². The molecule has 0 saturated heterocycles. The van der Waals surface area contributed by atoms with Gasteiger partial charge in [0.05, 0.1) is 0 Å². The van der Waals surface area contributed by atoms with Crippen molar-refractivity contribution in [1.82, 2.24) is 5.06 Å². The number of hydrogen-bond acceptors (Lipinski definition) is 1. The largest absolute Gasteiger partial charge is 0.337 e. The fourth-order valence-electron chi connectivity index (χ4n) is 6.36. The zero-order chi connectivity index (χ0) is 22.4. The highest BCUT2D eigenvalue weighted by molar-refractivity contribution is 5.93. The maximum Gasteiger partial charge on any atom is 0.130 e. The standard InChI is InChI=1S/C31H31NO/c1-21-17-18-23-19-20-26(22-11-5-2-6-12-22)29-28(23)27(21)30(24-13-7-3-8-14-24)32(33)31(29)25-15-9-4-10-16-25/h3-4,7-10,13-20,22,30-31,33H,2,5-6,11-12H2,1H3/p+1/t30-,31-/m0/s1. The molecule has 0 amide bonds. The van der Waals surface area contributed by atoms with E-state index in [1.165, 1.54) is 76.3 Å². The topological polar surface area (TPSA) is 26.1 Å². The van der Waals surface area contributed by atoms with Gasteiger partial charge in [-0.25, -0.2) is 0 Å². The van der Waals surface area contributed by atoms with E-state index in [4.69, 9.17) is 0 Å². The molecule has 2 nitrogen and oxygen atoms in total. The monoisotopic (exact) mass is 434 g/mol. The third-order valence-corrected chi connectivity index (χ3v) is 7.90. The van der Waals surface area contributed by atoms with Crippen LogP contribution in [0.15, 0.2) is 84.9 Å². The molecule has 2 aliphatic rings. The van der Waals surface area contributed by atoms with Crippen LogP contribution in [0.5, 0.6) is 0 Å². The molecule has 0 radical (unpaired) electrons. The van der Waals surface area contributed by atoms with Gasteiger partial charge in [0.2, 0.25) is 0 Å². The quantitative estimate of drug-likeness (QED) is 0.310. The predicted molar refractivity (Wildman–Crippen MR) is 137 cm³/mol. The Kier molecular flexibility index (Phi) is 5.28. The average Bonchev–Trinajstić information content (AvgIpc) is 2.87. The summed E-state index contributed by atoms with van der Waals surface area (Å²) in [5.41, 5.74) is 7.86. The van der Waals surface area contributed by atoms with Gasteiger partial charge in [-0.2, -0.15) is 0 Å². The van der Waals surface area contributed by atoms with Crippen LogP contribution in [0.25, 0.3) is 10.8 Å². The van der Waals surface area contributed by atoms with Gasteiger partial charge >= 0.3 is 0 Å². The van der Waals surface area contributed by atoms with Crippen molar-refractivity contribution in [3.05, 3.63) is 118 Å². The summed E-state index contributed by atoms with van der Waals surface area (Å²) in [7, 11) is 0. The summed E-state index contributed by atoms with van der Waals surface area (Å²) in [6.45, 7) is 2.22. The van der Waals surface area contributed by atoms with Crippen LogP contribution >= 0.6 is 0 Å². The third kappa shape index (κ3) is 3.40. The normalized spacial score (nSPS) is 21.4. The van der Waals surface area contributed by atoms with Crippen LogP contribution in [0.2, 0.25) is 0 Å². The molecule has 4 aromatic carbocycles. The number of hydrogen-bond donors (Lipinski definition) is 0. The fraction of sp³-hybridized carbons (Fsp3) is 0.290. The lowest BCUT2D eigenvalue weighted by Gasteiger charge is -2.39. The summed E-state index contributed by atoms with van der Waals surface area (Å²) in [5.74, 6) is 0.597. The Labute approximate surface area is 196 Å². The second kappa shape index (κ2) is 8.44. The molecular formula is C31H32NO+. The van der Waals surface area contributed by atoms with E-state index in [9.17, 15) is 5.21 Å². The Bertz CT molecular complexity index is 1270. The van der Waals surface area contributed by atoms with Crippen molar-refractivity contribution in [2.45, 2.75) is 57.0 Å². The molecule has 0 spiro atoms. The Morgan fingerprint density at radius 3 is 1.88 bits per heavy atom. The molecule has 0 bridgehead atoms. The van der Waals surface area contributed by atoms with Crippen molar-refractivity contribution in [2.24, 2.45) is 0 Å². The molecule has 1 aliphatic carbocycles. The van der Waals surface area contributed by atoms with Crippen molar-refractivity contribution in [2.75, 3.05) is 0 Å². The van der Waals surface area contributed by atoms with Crippen molar-refractivity contribution in [3.8, 4) is 0 Å². The van der Waals surface area contributed by atoms with E-state index < -0.39 is 0 Å². The Hall–Kier alpha value is -2.94. The maximum absolute atomic E-state index is 9.60. The highest BCUT2D eigenvalue weighted by Gasteiger charge is 2.43. The molecule has 1 aliphatic heterocycles. The van der Waals surface area contributed by atoms with Gasteiger partial charge < -0.3 is 5.21 Å². The lowest BCUT2D eigenvalue weighted by Crippen LogP contribution is -2.36. The number of nitrogens with zero attached hydrogens (tertiary/aromatic N) is 1. The summed E-state index contributed by atoms with van der Waals surface area (Å²) in [5, 5.41) is 14.2. The van der Waals surface area contributed by atoms with Crippen molar-refractivity contribution in [1.29, 1.82) is 0 Å². The van der Waals surface area contributed by atoms with Crippen molar-refractivity contribution >= 4 is 10.8 Å². The molecule has 1 saturated carbocycles. The van der Waals surface area contributed by atoms with Crippen LogP contribution in [0.3, 0.4) is 0 Å². The van der Waals surface area contributed by atoms with Gasteiger partial charge in [-0.1, -0.05) is 109 Å². The Morgan fingerprint density at radius 1 is 0.667 bits per heavy atom. The van der Waals surface area contributed by atoms with Crippen LogP contribution in [-0.2, 0) is 0 Å². The first-order valence-electron chi connectivity index (χ1n) is 12.4. The van der Waals surface area contributed by atoms with Gasteiger partial charge in [0.1, 0.15) is 12.1 Å². The molecular weight excluding hydrogens is 402 g/mol. The smallest absolute Gasteiger partial charge is 0.130 e. The molecule has 33 heavy (non-hydrogen) atoms. The van der Waals surface area contributed by atoms with Gasteiger partial charge in [-0.05, 0) is 69.8 Å². The van der Waals surface area contributed by atoms with Crippen molar-refractivity contribution in [3.63, 3.8) is 0 Å². The second-order valence-corrected chi connectivity index (χ2v) is 9.83. The third-order valence-electron chi connectivity index (χ3n) is 7.90. The molecule has 4 aromatic rings. The molecule has 1 heterocycles. The van der Waals surface area contributed by atoms with Crippen LogP contribution < -0.4 is 0 Å². The number of rotatable bonds is 3. The van der Waals surface area contributed by atoms with Crippen molar-refractivity contribution < 1.29 is 5.21 Å². The molecule has 0 aromatic heterocycles. The summed E-state index contributed by atoms with van der Waals surface area (Å²) < 4.78 is 0.